The Morgan fingerprint density at radius 1 is 1.64 bits per heavy atom. The number of rotatable bonds is 7. The van der Waals surface area contributed by atoms with E-state index >= 15 is 0 Å². The number of amides is 1. The van der Waals surface area contributed by atoms with E-state index in [4.69, 9.17) is 4.74 Å². The van der Waals surface area contributed by atoms with Crippen LogP contribution in [-0.4, -0.2) is 50.7 Å². The minimum Gasteiger partial charge on any atom is -0.383 e. The Morgan fingerprint density at radius 3 is 2.86 bits per heavy atom. The SMILES string of the molecule is C=C[N+](=CNC)CC(=O)NCCOC. The van der Waals surface area contributed by atoms with Gasteiger partial charge in [0, 0.05) is 13.7 Å². The molecule has 0 aliphatic heterocycles. The summed E-state index contributed by atoms with van der Waals surface area (Å²) < 4.78 is 6.46. The fraction of sp³-hybridized carbons (Fsp3) is 0.556. The average molecular weight is 200 g/mol. The summed E-state index contributed by atoms with van der Waals surface area (Å²) in [5.41, 5.74) is 0. The maximum Gasteiger partial charge on any atom is 0.262 e. The zero-order valence-corrected chi connectivity index (χ0v) is 8.75. The molecule has 0 saturated carbocycles. The van der Waals surface area contributed by atoms with Crippen LogP contribution in [0.4, 0.5) is 0 Å². The first-order chi connectivity index (χ1) is 6.74. The molecular formula is C9H18N3O2+. The molecule has 0 unspecified atom stereocenters. The second-order valence-electron chi connectivity index (χ2n) is 2.62. The van der Waals surface area contributed by atoms with Gasteiger partial charge in [-0.1, -0.05) is 6.58 Å². The van der Waals surface area contributed by atoms with E-state index in [0.717, 1.165) is 0 Å². The van der Waals surface area contributed by atoms with Crippen LogP contribution in [0.2, 0.25) is 0 Å². The predicted octanol–water partition coefficient (Wildman–Crippen LogP) is -0.847. The van der Waals surface area contributed by atoms with Crippen molar-refractivity contribution in [1.82, 2.24) is 10.6 Å². The lowest BCUT2D eigenvalue weighted by atomic mass is 10.5. The fourth-order valence-electron chi connectivity index (χ4n) is 0.843. The highest BCUT2D eigenvalue weighted by Crippen LogP contribution is 1.75. The van der Waals surface area contributed by atoms with E-state index in [1.807, 2.05) is 0 Å². The lowest BCUT2D eigenvalue weighted by Crippen LogP contribution is -2.34. The standard InChI is InChI=1S/C9H17N3O2/c1-4-12(8-10-2)7-9(13)11-5-6-14-3/h4,8H,1,5-7H2,2-3H3,(H,11,13)/p+1. The van der Waals surface area contributed by atoms with Gasteiger partial charge < -0.3 is 10.1 Å². The summed E-state index contributed by atoms with van der Waals surface area (Å²) >= 11 is 0. The molecule has 5 heteroatoms. The van der Waals surface area contributed by atoms with Gasteiger partial charge in [0.15, 0.2) is 6.54 Å². The number of hydrogen-bond acceptors (Lipinski definition) is 2. The second-order valence-corrected chi connectivity index (χ2v) is 2.62. The summed E-state index contributed by atoms with van der Waals surface area (Å²) in [6.45, 7) is 4.89. The molecule has 0 saturated heterocycles. The van der Waals surface area contributed by atoms with E-state index < -0.39 is 0 Å². The van der Waals surface area contributed by atoms with Crippen LogP contribution in [0.15, 0.2) is 12.8 Å². The Morgan fingerprint density at radius 2 is 2.36 bits per heavy atom. The van der Waals surface area contributed by atoms with E-state index in [-0.39, 0.29) is 12.5 Å². The highest BCUT2D eigenvalue weighted by atomic mass is 16.5. The van der Waals surface area contributed by atoms with Gasteiger partial charge in [-0.25, -0.2) is 4.58 Å². The maximum atomic E-state index is 11.3. The molecule has 0 aromatic rings. The van der Waals surface area contributed by atoms with Gasteiger partial charge in [-0.05, 0) is 0 Å². The number of ether oxygens (including phenoxy) is 1. The topological polar surface area (TPSA) is 53.4 Å². The van der Waals surface area contributed by atoms with Crippen molar-refractivity contribution in [3.05, 3.63) is 12.8 Å². The lowest BCUT2D eigenvalue weighted by molar-refractivity contribution is -0.441. The zero-order chi connectivity index (χ0) is 10.8. The van der Waals surface area contributed by atoms with Crippen LogP contribution in [0.1, 0.15) is 0 Å². The molecule has 0 spiro atoms. The van der Waals surface area contributed by atoms with Crippen molar-refractivity contribution >= 4 is 12.2 Å². The molecule has 0 heterocycles. The van der Waals surface area contributed by atoms with Crippen molar-refractivity contribution in [3.63, 3.8) is 0 Å². The molecule has 1 amide bonds. The highest BCUT2D eigenvalue weighted by molar-refractivity contribution is 5.77. The van der Waals surface area contributed by atoms with E-state index in [0.29, 0.717) is 13.2 Å². The van der Waals surface area contributed by atoms with Gasteiger partial charge in [-0.15, -0.1) is 0 Å². The van der Waals surface area contributed by atoms with E-state index in [9.17, 15) is 4.79 Å². The molecule has 0 fully saturated rings. The first-order valence-corrected chi connectivity index (χ1v) is 4.39. The Balaban J connectivity index is 3.79. The molecule has 0 aliphatic rings. The Bertz CT molecular complexity index is 214. The minimum atomic E-state index is -0.0616. The maximum absolute atomic E-state index is 11.3. The van der Waals surface area contributed by atoms with Gasteiger partial charge in [0.2, 0.25) is 6.34 Å². The van der Waals surface area contributed by atoms with Crippen molar-refractivity contribution in [1.29, 1.82) is 0 Å². The number of hydrogen-bond donors (Lipinski definition) is 2. The van der Waals surface area contributed by atoms with E-state index in [2.05, 4.69) is 17.2 Å². The van der Waals surface area contributed by atoms with Crippen LogP contribution in [0.5, 0.6) is 0 Å². The summed E-state index contributed by atoms with van der Waals surface area (Å²) in [4.78, 5) is 11.3. The van der Waals surface area contributed by atoms with Crippen LogP contribution >= 0.6 is 0 Å². The molecule has 2 N–H and O–H groups in total. The smallest absolute Gasteiger partial charge is 0.262 e. The first-order valence-electron chi connectivity index (χ1n) is 4.39. The number of nitrogens with one attached hydrogen (secondary N) is 2. The average Bonchev–Trinajstić information content (AvgIpc) is 2.17. The predicted molar refractivity (Wildman–Crippen MR) is 55.3 cm³/mol. The van der Waals surface area contributed by atoms with E-state index in [1.54, 1.807) is 31.3 Å². The molecule has 0 aromatic heterocycles. The summed E-state index contributed by atoms with van der Waals surface area (Å²) in [5.74, 6) is -0.0616. The van der Waals surface area contributed by atoms with Gasteiger partial charge in [-0.3, -0.25) is 10.1 Å². The summed E-state index contributed by atoms with van der Waals surface area (Å²) in [5, 5.41) is 5.52. The molecule has 14 heavy (non-hydrogen) atoms. The van der Waals surface area contributed by atoms with Gasteiger partial charge >= 0.3 is 0 Å². The van der Waals surface area contributed by atoms with Crippen molar-refractivity contribution in [2.45, 2.75) is 0 Å². The molecule has 0 atom stereocenters. The normalized spacial score (nSPS) is 10.9. The van der Waals surface area contributed by atoms with Crippen molar-refractivity contribution < 1.29 is 14.1 Å². The lowest BCUT2D eigenvalue weighted by Gasteiger charge is -2.03. The summed E-state index contributed by atoms with van der Waals surface area (Å²) in [7, 11) is 3.36. The molecule has 80 valence electrons. The van der Waals surface area contributed by atoms with Gasteiger partial charge in [0.25, 0.3) is 5.91 Å². The third kappa shape index (κ3) is 6.19. The third-order valence-corrected chi connectivity index (χ3v) is 1.48. The fourth-order valence-corrected chi connectivity index (χ4v) is 0.843. The van der Waals surface area contributed by atoms with Crippen LogP contribution < -0.4 is 10.6 Å². The molecule has 5 nitrogen and oxygen atoms in total. The van der Waals surface area contributed by atoms with Crippen molar-refractivity contribution in [2.24, 2.45) is 0 Å². The van der Waals surface area contributed by atoms with Crippen LogP contribution in [0.25, 0.3) is 0 Å². The monoisotopic (exact) mass is 200 g/mol. The highest BCUT2D eigenvalue weighted by Gasteiger charge is 2.04. The van der Waals surface area contributed by atoms with Crippen LogP contribution in [0, 0.1) is 0 Å². The van der Waals surface area contributed by atoms with Gasteiger partial charge in [-0.2, -0.15) is 0 Å². The molecule has 0 aromatic carbocycles. The molecule has 0 bridgehead atoms. The summed E-state index contributed by atoms with van der Waals surface area (Å²) in [6.07, 6.45) is 3.25. The minimum absolute atomic E-state index is 0.0616. The molecule has 0 radical (unpaired) electrons. The van der Waals surface area contributed by atoms with Gasteiger partial charge in [0.05, 0.1) is 19.9 Å². The Kier molecular flexibility index (Phi) is 7.45. The van der Waals surface area contributed by atoms with Crippen LogP contribution in [0.3, 0.4) is 0 Å². The number of nitrogens with zero attached hydrogens (tertiary/aromatic N) is 1. The largest absolute Gasteiger partial charge is 0.383 e. The van der Waals surface area contributed by atoms with E-state index in [1.165, 1.54) is 0 Å². The van der Waals surface area contributed by atoms with Crippen LogP contribution in [-0.2, 0) is 9.53 Å². The number of carbonyl (C=O) groups excluding carboxylic acids is 1. The Hall–Kier alpha value is -1.36. The molecule has 0 rings (SSSR count). The van der Waals surface area contributed by atoms with Crippen molar-refractivity contribution in [2.75, 3.05) is 33.9 Å². The number of carbonyl (C=O) groups is 1. The summed E-state index contributed by atoms with van der Waals surface area (Å²) in [6, 6.07) is 0. The molecule has 0 aliphatic carbocycles. The Labute approximate surface area is 84.4 Å². The van der Waals surface area contributed by atoms with Gasteiger partial charge in [0.1, 0.15) is 0 Å². The zero-order valence-electron chi connectivity index (χ0n) is 8.75. The quantitative estimate of drug-likeness (QED) is 0.244. The first kappa shape index (κ1) is 12.6. The third-order valence-electron chi connectivity index (χ3n) is 1.48. The molecular weight excluding hydrogens is 182 g/mol. The van der Waals surface area contributed by atoms with Crippen molar-refractivity contribution in [3.8, 4) is 0 Å². The second kappa shape index (κ2) is 8.25. The number of methoxy groups -OCH3 is 1.